The van der Waals surface area contributed by atoms with Crippen molar-refractivity contribution in [2.45, 2.75) is 0 Å². The molecule has 2 aromatic carbocycles. The maximum absolute atomic E-state index is 12.2. The van der Waals surface area contributed by atoms with Gasteiger partial charge in [-0.05, 0) is 48.5 Å². The quantitative estimate of drug-likeness (QED) is 0.908. The molecule has 1 saturated heterocycles. The molecule has 1 N–H and O–H groups in total. The van der Waals surface area contributed by atoms with E-state index in [1.165, 1.54) is 4.90 Å². The fourth-order valence-electron chi connectivity index (χ4n) is 2.16. The first-order chi connectivity index (χ1) is 10.6. The third kappa shape index (κ3) is 3.12. The molecule has 2 amide bonds. The maximum Gasteiger partial charge on any atom is 0.414 e. The van der Waals surface area contributed by atoms with E-state index in [2.05, 4.69) is 21.2 Å². The Balaban J connectivity index is 1.70. The molecule has 6 heteroatoms. The third-order valence-corrected chi connectivity index (χ3v) is 3.83. The monoisotopic (exact) mass is 360 g/mol. The molecule has 1 aliphatic rings. The van der Waals surface area contributed by atoms with Crippen LogP contribution in [0.4, 0.5) is 16.2 Å². The van der Waals surface area contributed by atoms with E-state index in [0.29, 0.717) is 18.7 Å². The van der Waals surface area contributed by atoms with Gasteiger partial charge >= 0.3 is 6.09 Å². The largest absolute Gasteiger partial charge is 0.447 e. The molecule has 2 aromatic rings. The Kier molecular flexibility index (Phi) is 4.11. The number of carbonyl (C=O) groups is 2. The second-order valence-electron chi connectivity index (χ2n) is 4.77. The van der Waals surface area contributed by atoms with Crippen LogP contribution in [0.1, 0.15) is 10.4 Å². The zero-order valence-electron chi connectivity index (χ0n) is 11.6. The Hall–Kier alpha value is -2.34. The number of halogens is 1. The first-order valence-electron chi connectivity index (χ1n) is 6.75. The normalized spacial score (nSPS) is 13.9. The lowest BCUT2D eigenvalue weighted by atomic mass is 10.2. The van der Waals surface area contributed by atoms with Gasteiger partial charge in [-0.3, -0.25) is 9.69 Å². The fraction of sp³-hybridized carbons (Fsp3) is 0.125. The predicted octanol–water partition coefficient (Wildman–Crippen LogP) is 3.66. The van der Waals surface area contributed by atoms with E-state index in [-0.39, 0.29) is 12.0 Å². The number of nitrogens with one attached hydrogen (secondary N) is 1. The number of carbonyl (C=O) groups excluding carboxylic acids is 2. The summed E-state index contributed by atoms with van der Waals surface area (Å²) >= 11 is 3.35. The van der Waals surface area contributed by atoms with Gasteiger partial charge in [-0.25, -0.2) is 4.79 Å². The molecular weight excluding hydrogens is 348 g/mol. The van der Waals surface area contributed by atoms with Gasteiger partial charge < -0.3 is 10.1 Å². The van der Waals surface area contributed by atoms with E-state index in [1.54, 1.807) is 24.3 Å². The van der Waals surface area contributed by atoms with Crippen LogP contribution in [-0.4, -0.2) is 25.2 Å². The molecule has 0 aromatic heterocycles. The minimum atomic E-state index is -0.355. The summed E-state index contributed by atoms with van der Waals surface area (Å²) in [6.07, 6.45) is -0.355. The molecule has 0 spiro atoms. The number of benzene rings is 2. The van der Waals surface area contributed by atoms with E-state index in [1.807, 2.05) is 24.3 Å². The van der Waals surface area contributed by atoms with Crippen molar-refractivity contribution >= 4 is 39.3 Å². The highest BCUT2D eigenvalue weighted by Gasteiger charge is 2.23. The van der Waals surface area contributed by atoms with E-state index in [9.17, 15) is 9.59 Å². The first-order valence-corrected chi connectivity index (χ1v) is 7.54. The van der Waals surface area contributed by atoms with Gasteiger partial charge in [0, 0.05) is 21.4 Å². The van der Waals surface area contributed by atoms with Crippen LogP contribution in [0, 0.1) is 0 Å². The van der Waals surface area contributed by atoms with Crippen LogP contribution in [0.15, 0.2) is 53.0 Å². The SMILES string of the molecule is O=C(Nc1ccc(Br)cc1)c1ccc(N2CCOC2=O)cc1. The van der Waals surface area contributed by atoms with E-state index < -0.39 is 0 Å². The Labute approximate surface area is 136 Å². The van der Waals surface area contributed by atoms with Crippen LogP contribution in [0.25, 0.3) is 0 Å². The van der Waals surface area contributed by atoms with Crippen molar-refractivity contribution < 1.29 is 14.3 Å². The fourth-order valence-corrected chi connectivity index (χ4v) is 2.42. The Bertz CT molecular complexity index is 698. The van der Waals surface area contributed by atoms with E-state index >= 15 is 0 Å². The third-order valence-electron chi connectivity index (χ3n) is 3.30. The van der Waals surface area contributed by atoms with E-state index in [0.717, 1.165) is 15.8 Å². The van der Waals surface area contributed by atoms with Crippen molar-refractivity contribution in [1.82, 2.24) is 0 Å². The summed E-state index contributed by atoms with van der Waals surface area (Å²) in [6, 6.07) is 14.2. The standard InChI is InChI=1S/C16H13BrN2O3/c17-12-3-5-13(6-4-12)18-15(20)11-1-7-14(8-2-11)19-9-10-22-16(19)21/h1-8H,9-10H2,(H,18,20). The van der Waals surface area contributed by atoms with Gasteiger partial charge in [0.2, 0.25) is 0 Å². The Morgan fingerprint density at radius 1 is 1.09 bits per heavy atom. The number of ether oxygens (including phenoxy) is 1. The second kappa shape index (κ2) is 6.19. The summed E-state index contributed by atoms with van der Waals surface area (Å²) in [4.78, 5) is 25.2. The van der Waals surface area contributed by atoms with Crippen molar-refractivity contribution in [2.75, 3.05) is 23.4 Å². The summed E-state index contributed by atoms with van der Waals surface area (Å²) in [6.45, 7) is 0.925. The number of hydrogen-bond donors (Lipinski definition) is 1. The molecule has 112 valence electrons. The molecule has 0 aliphatic carbocycles. The average Bonchev–Trinajstić information content (AvgIpc) is 2.96. The van der Waals surface area contributed by atoms with E-state index in [4.69, 9.17) is 4.74 Å². The van der Waals surface area contributed by atoms with Crippen LogP contribution >= 0.6 is 15.9 Å². The van der Waals surface area contributed by atoms with Crippen molar-refractivity contribution in [3.05, 3.63) is 58.6 Å². The van der Waals surface area contributed by atoms with Crippen LogP contribution in [0.5, 0.6) is 0 Å². The van der Waals surface area contributed by atoms with Crippen LogP contribution in [0.2, 0.25) is 0 Å². The van der Waals surface area contributed by atoms with Crippen LogP contribution in [0.3, 0.4) is 0 Å². The molecule has 0 saturated carbocycles. The summed E-state index contributed by atoms with van der Waals surface area (Å²) in [5.74, 6) is -0.196. The van der Waals surface area contributed by atoms with Gasteiger partial charge in [0.15, 0.2) is 0 Å². The number of hydrogen-bond acceptors (Lipinski definition) is 3. The Morgan fingerprint density at radius 2 is 1.77 bits per heavy atom. The maximum atomic E-state index is 12.2. The van der Waals surface area contributed by atoms with Gasteiger partial charge in [0.25, 0.3) is 5.91 Å². The number of amides is 2. The highest BCUT2D eigenvalue weighted by atomic mass is 79.9. The molecule has 1 heterocycles. The lowest BCUT2D eigenvalue weighted by molar-refractivity contribution is 0.102. The molecule has 3 rings (SSSR count). The van der Waals surface area contributed by atoms with Crippen molar-refractivity contribution in [3.8, 4) is 0 Å². The summed E-state index contributed by atoms with van der Waals surface area (Å²) in [7, 11) is 0. The number of nitrogens with zero attached hydrogens (tertiary/aromatic N) is 1. The minimum Gasteiger partial charge on any atom is -0.447 e. The zero-order valence-corrected chi connectivity index (χ0v) is 13.2. The zero-order chi connectivity index (χ0) is 15.5. The molecule has 1 fully saturated rings. The number of cyclic esters (lactones) is 1. The number of anilines is 2. The highest BCUT2D eigenvalue weighted by molar-refractivity contribution is 9.10. The average molecular weight is 361 g/mol. The number of rotatable bonds is 3. The molecule has 0 radical (unpaired) electrons. The highest BCUT2D eigenvalue weighted by Crippen LogP contribution is 2.20. The van der Waals surface area contributed by atoms with Crippen LogP contribution < -0.4 is 10.2 Å². The summed E-state index contributed by atoms with van der Waals surface area (Å²) in [5, 5.41) is 2.82. The molecule has 5 nitrogen and oxygen atoms in total. The lowest BCUT2D eigenvalue weighted by Gasteiger charge is -2.13. The Morgan fingerprint density at radius 3 is 2.36 bits per heavy atom. The van der Waals surface area contributed by atoms with Gasteiger partial charge in [-0.1, -0.05) is 15.9 Å². The van der Waals surface area contributed by atoms with Crippen molar-refractivity contribution in [3.63, 3.8) is 0 Å². The first kappa shape index (κ1) is 14.6. The van der Waals surface area contributed by atoms with Gasteiger partial charge in [-0.2, -0.15) is 0 Å². The van der Waals surface area contributed by atoms with Crippen LogP contribution in [-0.2, 0) is 4.74 Å². The van der Waals surface area contributed by atoms with Crippen molar-refractivity contribution in [1.29, 1.82) is 0 Å². The molecule has 0 unspecified atom stereocenters. The minimum absolute atomic E-state index is 0.196. The van der Waals surface area contributed by atoms with Gasteiger partial charge in [0.05, 0.1) is 6.54 Å². The lowest BCUT2D eigenvalue weighted by Crippen LogP contribution is -2.23. The smallest absolute Gasteiger partial charge is 0.414 e. The molecular formula is C16H13BrN2O3. The van der Waals surface area contributed by atoms with Gasteiger partial charge in [-0.15, -0.1) is 0 Å². The molecule has 1 aliphatic heterocycles. The second-order valence-corrected chi connectivity index (χ2v) is 5.69. The predicted molar refractivity (Wildman–Crippen MR) is 87.2 cm³/mol. The molecule has 0 bridgehead atoms. The van der Waals surface area contributed by atoms with Crippen molar-refractivity contribution in [2.24, 2.45) is 0 Å². The van der Waals surface area contributed by atoms with Gasteiger partial charge in [0.1, 0.15) is 6.61 Å². The topological polar surface area (TPSA) is 58.6 Å². The molecule has 0 atom stereocenters. The summed E-state index contributed by atoms with van der Waals surface area (Å²) in [5.41, 5.74) is 1.97. The summed E-state index contributed by atoms with van der Waals surface area (Å²) < 4.78 is 5.84. The molecule has 22 heavy (non-hydrogen) atoms.